The first kappa shape index (κ1) is 29.2. The number of nitrogens with zero attached hydrogens (tertiary/aromatic N) is 2. The van der Waals surface area contributed by atoms with Crippen molar-refractivity contribution in [2.75, 3.05) is 46.8 Å². The van der Waals surface area contributed by atoms with Gasteiger partial charge in [0, 0.05) is 19.2 Å². The van der Waals surface area contributed by atoms with Gasteiger partial charge >= 0.3 is 6.18 Å². The molecule has 36 heavy (non-hydrogen) atoms. The molecule has 0 radical (unpaired) electrons. The van der Waals surface area contributed by atoms with E-state index < -0.39 is 22.8 Å². The van der Waals surface area contributed by atoms with E-state index in [1.54, 1.807) is 26.4 Å². The fourth-order valence-corrected chi connectivity index (χ4v) is 3.66. The zero-order valence-electron chi connectivity index (χ0n) is 19.4. The van der Waals surface area contributed by atoms with Crippen molar-refractivity contribution in [2.45, 2.75) is 11.1 Å². The molecule has 3 aromatic rings. The number of sulfonamides is 1. The summed E-state index contributed by atoms with van der Waals surface area (Å²) in [5, 5.41) is 1.03. The van der Waals surface area contributed by atoms with E-state index in [4.69, 9.17) is 31.5 Å². The second-order valence-electron chi connectivity index (χ2n) is 6.84. The van der Waals surface area contributed by atoms with Crippen molar-refractivity contribution in [3.63, 3.8) is 0 Å². The number of ether oxygens (including phenoxy) is 4. The molecule has 0 aliphatic carbocycles. The molecule has 0 spiro atoms. The van der Waals surface area contributed by atoms with Crippen molar-refractivity contribution < 1.29 is 40.5 Å². The molecule has 198 valence electrons. The van der Waals surface area contributed by atoms with Crippen LogP contribution in [0.15, 0.2) is 41.6 Å². The predicted molar refractivity (Wildman–Crippen MR) is 127 cm³/mol. The molecule has 0 saturated carbocycles. The minimum absolute atomic E-state index is 0.151. The van der Waals surface area contributed by atoms with Crippen LogP contribution in [0.3, 0.4) is 0 Å². The van der Waals surface area contributed by atoms with Crippen LogP contribution in [0.1, 0.15) is 0 Å². The zero-order chi connectivity index (χ0) is 26.9. The highest BCUT2D eigenvalue weighted by molar-refractivity contribution is 7.89. The quantitative estimate of drug-likeness (QED) is 0.232. The summed E-state index contributed by atoms with van der Waals surface area (Å²) in [4.78, 5) is 7.96. The van der Waals surface area contributed by atoms with Gasteiger partial charge in [-0.25, -0.2) is 23.1 Å². The molecule has 10 nitrogen and oxygen atoms in total. The van der Waals surface area contributed by atoms with E-state index in [0.717, 1.165) is 18.2 Å². The first-order valence-corrected chi connectivity index (χ1v) is 11.9. The Labute approximate surface area is 210 Å². The lowest BCUT2D eigenvalue weighted by molar-refractivity contribution is -0.153. The number of benzene rings is 2. The van der Waals surface area contributed by atoms with Crippen LogP contribution >= 0.6 is 11.6 Å². The summed E-state index contributed by atoms with van der Waals surface area (Å²) in [6.45, 7) is -0.580. The fourth-order valence-electron chi connectivity index (χ4n) is 2.66. The Hall–Kier alpha value is -3.07. The number of alkyl halides is 3. The summed E-state index contributed by atoms with van der Waals surface area (Å²) in [5.41, 5.74) is 5.92. The number of nitrogen functional groups attached to an aromatic ring is 1. The van der Waals surface area contributed by atoms with Crippen LogP contribution in [0.4, 0.5) is 18.9 Å². The van der Waals surface area contributed by atoms with E-state index in [0.29, 0.717) is 40.8 Å². The number of hydrogen-bond acceptors (Lipinski definition) is 9. The van der Waals surface area contributed by atoms with E-state index in [9.17, 15) is 21.6 Å². The average molecular weight is 553 g/mol. The van der Waals surface area contributed by atoms with E-state index in [1.165, 1.54) is 13.4 Å². The number of hydrogen-bond donors (Lipinski definition) is 2. The number of nitrogens with two attached hydrogens (primary N) is 1. The van der Waals surface area contributed by atoms with E-state index in [-0.39, 0.29) is 16.3 Å². The average Bonchev–Trinajstić information content (AvgIpc) is 2.83. The van der Waals surface area contributed by atoms with Crippen molar-refractivity contribution >= 4 is 38.2 Å². The van der Waals surface area contributed by atoms with E-state index in [2.05, 4.69) is 19.4 Å². The van der Waals surface area contributed by atoms with Crippen molar-refractivity contribution in [1.82, 2.24) is 14.7 Å². The Morgan fingerprint density at radius 1 is 1.06 bits per heavy atom. The molecule has 0 unspecified atom stereocenters. The van der Waals surface area contributed by atoms with Gasteiger partial charge in [0.1, 0.15) is 35.3 Å². The number of anilines is 1. The third kappa shape index (κ3) is 8.26. The second-order valence-corrected chi connectivity index (χ2v) is 9.08. The topological polar surface area (TPSA) is 135 Å². The van der Waals surface area contributed by atoms with Gasteiger partial charge in [-0.3, -0.25) is 0 Å². The summed E-state index contributed by atoms with van der Waals surface area (Å²) in [7, 11) is 0.720. The van der Waals surface area contributed by atoms with Gasteiger partial charge in [-0.15, -0.1) is 0 Å². The largest absolute Gasteiger partial charge is 0.497 e. The molecule has 0 amide bonds. The van der Waals surface area contributed by atoms with Gasteiger partial charge in [0.2, 0.25) is 10.0 Å². The number of halogens is 4. The van der Waals surface area contributed by atoms with Gasteiger partial charge in [-0.2, -0.15) is 13.2 Å². The summed E-state index contributed by atoms with van der Waals surface area (Å²) >= 11 is 6.07. The van der Waals surface area contributed by atoms with Crippen molar-refractivity contribution in [1.29, 1.82) is 0 Å². The maximum absolute atomic E-state index is 11.9. The van der Waals surface area contributed by atoms with Crippen molar-refractivity contribution in [2.24, 2.45) is 0 Å². The van der Waals surface area contributed by atoms with Crippen LogP contribution in [0.5, 0.6) is 17.2 Å². The maximum atomic E-state index is 11.9. The fraction of sp³-hybridized carbons (Fsp3) is 0.333. The smallest absolute Gasteiger partial charge is 0.422 e. The number of rotatable bonds is 9. The molecule has 0 saturated heterocycles. The third-order valence-electron chi connectivity index (χ3n) is 4.36. The highest BCUT2D eigenvalue weighted by Gasteiger charge is 2.29. The standard InChI is InChI=1S/C12H13ClN2O3.C9H11F3N2O3S/c1-16-3-4-18-10-6-8(17-2)5-9-11(10)12(13)15-7-14-9;1-14-18(15,16)6-2-3-8(7(13)4-6)17-5-9(10,11)12/h5-7H,3-4H2,1-2H3;2-4,14H,5,13H2,1H3. The Balaban J connectivity index is 0.000000254. The number of methoxy groups -OCH3 is 2. The number of aromatic nitrogens is 2. The lowest BCUT2D eigenvalue weighted by Crippen LogP contribution is -2.20. The molecule has 0 fully saturated rings. The van der Waals surface area contributed by atoms with Crippen LogP contribution in [0, 0.1) is 0 Å². The molecule has 1 heterocycles. The highest BCUT2D eigenvalue weighted by atomic mass is 35.5. The first-order valence-electron chi connectivity index (χ1n) is 10.0. The van der Waals surface area contributed by atoms with Crippen LogP contribution in [0.25, 0.3) is 10.9 Å². The molecular weight excluding hydrogens is 529 g/mol. The zero-order valence-corrected chi connectivity index (χ0v) is 21.0. The van der Waals surface area contributed by atoms with Crippen molar-refractivity contribution in [3.05, 3.63) is 41.8 Å². The maximum Gasteiger partial charge on any atom is 0.422 e. The Kier molecular flexibility index (Phi) is 10.3. The molecule has 0 aliphatic heterocycles. The van der Waals surface area contributed by atoms with Crippen LogP contribution in [-0.2, 0) is 14.8 Å². The van der Waals surface area contributed by atoms with Gasteiger partial charge in [0.15, 0.2) is 6.61 Å². The molecule has 0 atom stereocenters. The Morgan fingerprint density at radius 2 is 1.78 bits per heavy atom. The SMILES string of the molecule is CNS(=O)(=O)c1ccc(OCC(F)(F)F)c(N)c1.COCCOc1cc(OC)cc2ncnc(Cl)c12. The number of nitrogens with one attached hydrogen (secondary N) is 1. The normalized spacial score (nSPS) is 11.5. The molecule has 3 N–H and O–H groups in total. The summed E-state index contributed by atoms with van der Waals surface area (Å²) in [6, 6.07) is 6.75. The molecule has 0 aliphatic rings. The highest BCUT2D eigenvalue weighted by Crippen LogP contribution is 2.33. The van der Waals surface area contributed by atoms with Gasteiger partial charge in [0.25, 0.3) is 0 Å². The molecule has 1 aromatic heterocycles. The van der Waals surface area contributed by atoms with Gasteiger partial charge in [0.05, 0.1) is 35.2 Å². The molecular formula is C21H24ClF3N4O6S. The predicted octanol–water partition coefficient (Wildman–Crippen LogP) is 3.44. The third-order valence-corrected chi connectivity index (χ3v) is 6.06. The lowest BCUT2D eigenvalue weighted by atomic mass is 10.2. The summed E-state index contributed by atoms with van der Waals surface area (Å²) in [5.74, 6) is 1.03. The summed E-state index contributed by atoms with van der Waals surface area (Å²) < 4.78 is 80.8. The van der Waals surface area contributed by atoms with Crippen LogP contribution in [-0.4, -0.2) is 65.6 Å². The van der Waals surface area contributed by atoms with Crippen molar-refractivity contribution in [3.8, 4) is 17.2 Å². The lowest BCUT2D eigenvalue weighted by Gasteiger charge is -2.12. The minimum atomic E-state index is -4.48. The monoisotopic (exact) mass is 552 g/mol. The van der Waals surface area contributed by atoms with E-state index >= 15 is 0 Å². The van der Waals surface area contributed by atoms with Gasteiger partial charge in [-0.1, -0.05) is 11.6 Å². The first-order chi connectivity index (χ1) is 16.9. The second kappa shape index (κ2) is 12.8. The van der Waals surface area contributed by atoms with Gasteiger partial charge < -0.3 is 24.7 Å². The minimum Gasteiger partial charge on any atom is -0.497 e. The van der Waals surface area contributed by atoms with Crippen LogP contribution < -0.4 is 24.7 Å². The molecule has 3 rings (SSSR count). The van der Waals surface area contributed by atoms with Gasteiger partial charge in [-0.05, 0) is 25.2 Å². The number of fused-ring (bicyclic) bond motifs is 1. The molecule has 15 heteroatoms. The Bertz CT molecular complexity index is 1280. The summed E-state index contributed by atoms with van der Waals surface area (Å²) in [6.07, 6.45) is -3.08. The van der Waals surface area contributed by atoms with Crippen LogP contribution in [0.2, 0.25) is 5.15 Å². The Morgan fingerprint density at radius 3 is 2.36 bits per heavy atom. The van der Waals surface area contributed by atoms with E-state index in [1.807, 2.05) is 0 Å². The molecule has 2 aromatic carbocycles. The molecule has 0 bridgehead atoms.